The molecule has 94 valence electrons. The molecule has 1 saturated heterocycles. The highest BCUT2D eigenvalue weighted by Gasteiger charge is 2.21. The van der Waals surface area contributed by atoms with E-state index in [9.17, 15) is 4.79 Å². The van der Waals surface area contributed by atoms with Gasteiger partial charge >= 0.3 is 0 Å². The molecule has 1 aliphatic heterocycles. The lowest BCUT2D eigenvalue weighted by Gasteiger charge is -2.22. The molecular formula is C14H16N2O2. The number of para-hydroxylation sites is 1. The van der Waals surface area contributed by atoms with E-state index in [1.54, 1.807) is 6.26 Å². The molecule has 0 bridgehead atoms. The summed E-state index contributed by atoms with van der Waals surface area (Å²) in [5.74, 6) is 0.106. The number of hydrogen-bond donors (Lipinski definition) is 2. The van der Waals surface area contributed by atoms with E-state index < -0.39 is 0 Å². The number of fused-ring (bicyclic) bond motifs is 1. The van der Waals surface area contributed by atoms with Crippen molar-refractivity contribution in [3.8, 4) is 0 Å². The van der Waals surface area contributed by atoms with Crippen LogP contribution in [-0.4, -0.2) is 18.5 Å². The van der Waals surface area contributed by atoms with Gasteiger partial charge in [0.05, 0.1) is 12.3 Å². The first-order valence-corrected chi connectivity index (χ1v) is 6.31. The summed E-state index contributed by atoms with van der Waals surface area (Å²) >= 11 is 0. The van der Waals surface area contributed by atoms with Crippen LogP contribution in [0.25, 0.3) is 11.0 Å². The van der Waals surface area contributed by atoms with E-state index in [-0.39, 0.29) is 11.9 Å². The minimum absolute atomic E-state index is 0.0765. The lowest BCUT2D eigenvalue weighted by atomic mass is 10.1. The Morgan fingerprint density at radius 1 is 1.39 bits per heavy atom. The lowest BCUT2D eigenvalue weighted by molar-refractivity contribution is -0.124. The van der Waals surface area contributed by atoms with E-state index in [2.05, 4.69) is 10.6 Å². The predicted octanol–water partition coefficient (Wildman–Crippen LogP) is 1.80. The quantitative estimate of drug-likeness (QED) is 0.865. The van der Waals surface area contributed by atoms with Crippen LogP contribution in [0.4, 0.5) is 0 Å². The Bertz CT molecular complexity index is 562. The number of carbonyl (C=O) groups is 1. The van der Waals surface area contributed by atoms with Crippen LogP contribution in [0.15, 0.2) is 34.9 Å². The molecule has 0 spiro atoms. The molecule has 1 amide bonds. The maximum atomic E-state index is 11.6. The summed E-state index contributed by atoms with van der Waals surface area (Å²) in [6.07, 6.45) is 3.70. The van der Waals surface area contributed by atoms with Gasteiger partial charge in [0.25, 0.3) is 0 Å². The fraction of sp³-hybridized carbons (Fsp3) is 0.357. The normalized spacial score (nSPS) is 20.0. The molecule has 4 heteroatoms. The summed E-state index contributed by atoms with van der Waals surface area (Å²) in [6.45, 7) is 1.46. The van der Waals surface area contributed by atoms with Crippen molar-refractivity contribution in [2.45, 2.75) is 25.4 Å². The molecular weight excluding hydrogens is 228 g/mol. The minimum atomic E-state index is -0.0765. The molecule has 0 radical (unpaired) electrons. The topological polar surface area (TPSA) is 54.3 Å². The fourth-order valence-electron chi connectivity index (χ4n) is 2.37. The first-order chi connectivity index (χ1) is 8.84. The molecule has 1 aromatic carbocycles. The van der Waals surface area contributed by atoms with Crippen LogP contribution >= 0.6 is 0 Å². The summed E-state index contributed by atoms with van der Waals surface area (Å²) in [4.78, 5) is 11.6. The van der Waals surface area contributed by atoms with Crippen molar-refractivity contribution >= 4 is 16.9 Å². The Balaban J connectivity index is 1.71. The van der Waals surface area contributed by atoms with Crippen LogP contribution in [0.5, 0.6) is 0 Å². The van der Waals surface area contributed by atoms with Gasteiger partial charge in [-0.2, -0.15) is 0 Å². The zero-order valence-corrected chi connectivity index (χ0v) is 10.1. The van der Waals surface area contributed by atoms with E-state index in [1.165, 1.54) is 0 Å². The standard InChI is InChI=1S/C14H16N2O2/c17-14-12(5-3-7-15-14)16-8-10-9-18-13-6-2-1-4-11(10)13/h1-2,4,6,9,12,16H,3,5,7-8H2,(H,15,17). The summed E-state index contributed by atoms with van der Waals surface area (Å²) in [6, 6.07) is 7.86. The molecule has 2 N–H and O–H groups in total. The zero-order valence-electron chi connectivity index (χ0n) is 10.1. The van der Waals surface area contributed by atoms with E-state index >= 15 is 0 Å². The number of hydrogen-bond acceptors (Lipinski definition) is 3. The van der Waals surface area contributed by atoms with Gasteiger partial charge < -0.3 is 15.1 Å². The van der Waals surface area contributed by atoms with Gasteiger partial charge in [0.2, 0.25) is 5.91 Å². The average Bonchev–Trinajstić information content (AvgIpc) is 2.81. The summed E-state index contributed by atoms with van der Waals surface area (Å²) in [7, 11) is 0. The van der Waals surface area contributed by atoms with Gasteiger partial charge in [0.15, 0.2) is 0 Å². The highest BCUT2D eigenvalue weighted by Crippen LogP contribution is 2.20. The maximum Gasteiger partial charge on any atom is 0.237 e. The number of benzene rings is 1. The number of amides is 1. The Labute approximate surface area is 105 Å². The van der Waals surface area contributed by atoms with Gasteiger partial charge in [0.1, 0.15) is 5.58 Å². The summed E-state index contributed by atoms with van der Waals surface area (Å²) < 4.78 is 5.48. The van der Waals surface area contributed by atoms with Gasteiger partial charge in [-0.1, -0.05) is 18.2 Å². The first-order valence-electron chi connectivity index (χ1n) is 6.31. The molecule has 3 rings (SSSR count). The predicted molar refractivity (Wildman–Crippen MR) is 69.1 cm³/mol. The third-order valence-corrected chi connectivity index (χ3v) is 3.39. The first kappa shape index (κ1) is 11.3. The zero-order chi connectivity index (χ0) is 12.4. The molecule has 1 atom stereocenters. The molecule has 18 heavy (non-hydrogen) atoms. The average molecular weight is 244 g/mol. The molecule has 2 aromatic rings. The summed E-state index contributed by atoms with van der Waals surface area (Å²) in [5.41, 5.74) is 1.99. The summed E-state index contributed by atoms with van der Waals surface area (Å²) in [5, 5.41) is 7.28. The molecule has 0 saturated carbocycles. The monoisotopic (exact) mass is 244 g/mol. The Kier molecular flexibility index (Phi) is 3.02. The van der Waals surface area contributed by atoms with Crippen molar-refractivity contribution in [2.75, 3.05) is 6.54 Å². The minimum Gasteiger partial charge on any atom is -0.464 e. The maximum absolute atomic E-state index is 11.6. The molecule has 2 heterocycles. The van der Waals surface area contributed by atoms with Crippen LogP contribution < -0.4 is 10.6 Å². The SMILES string of the molecule is O=C1NCCCC1NCc1coc2ccccc12. The second-order valence-corrected chi connectivity index (χ2v) is 4.62. The Morgan fingerprint density at radius 3 is 3.17 bits per heavy atom. The van der Waals surface area contributed by atoms with Crippen LogP contribution in [0.2, 0.25) is 0 Å². The van der Waals surface area contributed by atoms with Gasteiger partial charge in [-0.15, -0.1) is 0 Å². The number of carbonyl (C=O) groups excluding carboxylic acids is 1. The number of piperidine rings is 1. The second-order valence-electron chi connectivity index (χ2n) is 4.62. The molecule has 1 unspecified atom stereocenters. The number of rotatable bonds is 3. The Morgan fingerprint density at radius 2 is 2.28 bits per heavy atom. The van der Waals surface area contributed by atoms with Crippen molar-refractivity contribution in [3.05, 3.63) is 36.1 Å². The second kappa shape index (κ2) is 4.82. The van der Waals surface area contributed by atoms with Crippen molar-refractivity contribution < 1.29 is 9.21 Å². The molecule has 1 fully saturated rings. The third-order valence-electron chi connectivity index (χ3n) is 3.39. The van der Waals surface area contributed by atoms with Crippen molar-refractivity contribution in [1.29, 1.82) is 0 Å². The van der Waals surface area contributed by atoms with Crippen LogP contribution in [0.3, 0.4) is 0 Å². The third kappa shape index (κ3) is 2.11. The van der Waals surface area contributed by atoms with Crippen molar-refractivity contribution in [1.82, 2.24) is 10.6 Å². The fourth-order valence-corrected chi connectivity index (χ4v) is 2.37. The van der Waals surface area contributed by atoms with E-state index in [4.69, 9.17) is 4.42 Å². The van der Waals surface area contributed by atoms with Gasteiger partial charge in [-0.05, 0) is 18.9 Å². The number of nitrogens with one attached hydrogen (secondary N) is 2. The van der Waals surface area contributed by atoms with Gasteiger partial charge in [0, 0.05) is 24.0 Å². The molecule has 4 nitrogen and oxygen atoms in total. The molecule has 1 aromatic heterocycles. The van der Waals surface area contributed by atoms with Crippen molar-refractivity contribution in [2.24, 2.45) is 0 Å². The van der Waals surface area contributed by atoms with Gasteiger partial charge in [-0.25, -0.2) is 0 Å². The van der Waals surface area contributed by atoms with Crippen LogP contribution in [0, 0.1) is 0 Å². The van der Waals surface area contributed by atoms with Gasteiger partial charge in [-0.3, -0.25) is 4.79 Å². The lowest BCUT2D eigenvalue weighted by Crippen LogP contribution is -2.47. The van der Waals surface area contributed by atoms with Crippen LogP contribution in [0.1, 0.15) is 18.4 Å². The largest absolute Gasteiger partial charge is 0.464 e. The van der Waals surface area contributed by atoms with E-state index in [0.29, 0.717) is 6.54 Å². The number of furan rings is 1. The highest BCUT2D eigenvalue weighted by atomic mass is 16.3. The van der Waals surface area contributed by atoms with E-state index in [1.807, 2.05) is 24.3 Å². The Hall–Kier alpha value is -1.81. The van der Waals surface area contributed by atoms with Crippen molar-refractivity contribution in [3.63, 3.8) is 0 Å². The van der Waals surface area contributed by atoms with E-state index in [0.717, 1.165) is 35.9 Å². The molecule has 0 aliphatic carbocycles. The smallest absolute Gasteiger partial charge is 0.237 e. The van der Waals surface area contributed by atoms with Crippen LogP contribution in [-0.2, 0) is 11.3 Å². The highest BCUT2D eigenvalue weighted by molar-refractivity contribution is 5.83. The molecule has 1 aliphatic rings.